The highest BCUT2D eigenvalue weighted by Crippen LogP contribution is 2.26. The van der Waals surface area contributed by atoms with Gasteiger partial charge in [0.2, 0.25) is 0 Å². The third-order valence-electron chi connectivity index (χ3n) is 4.51. The molecule has 1 aromatic heterocycles. The number of hydrogen-bond donors (Lipinski definition) is 2. The molecule has 3 N–H and O–H groups in total. The van der Waals surface area contributed by atoms with Crippen molar-refractivity contribution < 1.29 is 9.53 Å². The van der Waals surface area contributed by atoms with Crippen molar-refractivity contribution >= 4 is 18.4 Å². The number of carbonyl (C=O) groups is 1. The summed E-state index contributed by atoms with van der Waals surface area (Å²) in [4.78, 5) is 22.8. The second-order valence-corrected chi connectivity index (χ2v) is 7.72. The van der Waals surface area contributed by atoms with E-state index in [1.54, 1.807) is 0 Å². The maximum atomic E-state index is 13.2. The maximum Gasteiger partial charge on any atom is 0.292 e. The number of nitrogens with one attached hydrogen (secondary N) is 1. The van der Waals surface area contributed by atoms with E-state index in [4.69, 9.17) is 10.5 Å². The van der Waals surface area contributed by atoms with Gasteiger partial charge < -0.3 is 15.0 Å². The number of methoxy groups -OCH3 is 1. The third-order valence-corrected chi connectivity index (χ3v) is 5.57. The van der Waals surface area contributed by atoms with Crippen LogP contribution in [-0.2, 0) is 9.53 Å². The Morgan fingerprint density at radius 2 is 1.58 bits per heavy atom. The van der Waals surface area contributed by atoms with E-state index < -0.39 is 0 Å². The number of ether oxygens (including phenoxy) is 1. The zero-order valence-corrected chi connectivity index (χ0v) is 18.6. The van der Waals surface area contributed by atoms with Gasteiger partial charge in [0.05, 0.1) is 18.0 Å². The molecule has 0 saturated heterocycles. The van der Waals surface area contributed by atoms with E-state index in [0.717, 1.165) is 17.5 Å². The minimum absolute atomic E-state index is 0.00680. The van der Waals surface area contributed by atoms with Crippen LogP contribution in [0.1, 0.15) is 30.5 Å². The van der Waals surface area contributed by atoms with Crippen LogP contribution in [0.25, 0.3) is 0 Å². The largest absolute Gasteiger partial charge is 0.471 e. The molecule has 7 heteroatoms. The number of benzene rings is 2. The Balaban J connectivity index is 0.000000785. The molecule has 3 aromatic rings. The standard InChI is InChI=1S/C22H25N3OS.C2H4O2/c1-17(14-15-23)24-27-20-13-8-16-25(22(20)26)21(18-9-4-2-5-10-18)19-11-6-3-7-12-19;1-4-2-3/h2-13,16-17,21,24H,14-15,23H2,1H3;2H,1H3. The van der Waals surface area contributed by atoms with E-state index in [1.165, 1.54) is 19.1 Å². The third kappa shape index (κ3) is 7.40. The molecule has 0 aliphatic carbocycles. The van der Waals surface area contributed by atoms with E-state index in [9.17, 15) is 4.79 Å². The van der Waals surface area contributed by atoms with Gasteiger partial charge in [0.1, 0.15) is 0 Å². The summed E-state index contributed by atoms with van der Waals surface area (Å²) in [5.41, 5.74) is 7.76. The number of hydrogen-bond acceptors (Lipinski definition) is 6. The van der Waals surface area contributed by atoms with E-state index >= 15 is 0 Å². The molecule has 0 aliphatic rings. The number of nitrogens with zero attached hydrogens (tertiary/aromatic N) is 1. The summed E-state index contributed by atoms with van der Waals surface area (Å²) in [6.45, 7) is 3.07. The molecule has 1 heterocycles. The normalized spacial score (nSPS) is 11.4. The summed E-state index contributed by atoms with van der Waals surface area (Å²) in [6.07, 6.45) is 2.73. The number of nitrogens with two attached hydrogens (primary N) is 1. The first-order valence-corrected chi connectivity index (χ1v) is 10.8. The second kappa shape index (κ2) is 13.4. The van der Waals surface area contributed by atoms with E-state index in [-0.39, 0.29) is 17.6 Å². The van der Waals surface area contributed by atoms with Crippen LogP contribution < -0.4 is 16.0 Å². The molecule has 6 nitrogen and oxygen atoms in total. The first-order chi connectivity index (χ1) is 15.1. The first kappa shape index (κ1) is 24.4. The molecule has 0 saturated carbocycles. The molecule has 1 atom stereocenters. The highest BCUT2D eigenvalue weighted by Gasteiger charge is 2.18. The van der Waals surface area contributed by atoms with E-state index in [1.807, 2.05) is 59.3 Å². The van der Waals surface area contributed by atoms with Crippen molar-refractivity contribution in [2.45, 2.75) is 30.3 Å². The lowest BCUT2D eigenvalue weighted by molar-refractivity contribution is -0.126. The summed E-state index contributed by atoms with van der Waals surface area (Å²) in [7, 11) is 1.31. The number of pyridine rings is 1. The van der Waals surface area contributed by atoms with Crippen molar-refractivity contribution in [1.82, 2.24) is 9.29 Å². The average molecular weight is 440 g/mol. The Morgan fingerprint density at radius 3 is 2.06 bits per heavy atom. The average Bonchev–Trinajstić information content (AvgIpc) is 2.81. The van der Waals surface area contributed by atoms with Gasteiger partial charge in [-0.1, -0.05) is 60.7 Å². The van der Waals surface area contributed by atoms with Gasteiger partial charge in [-0.05, 0) is 55.1 Å². The van der Waals surface area contributed by atoms with Gasteiger partial charge in [-0.3, -0.25) is 14.3 Å². The van der Waals surface area contributed by atoms with Gasteiger partial charge in [0, 0.05) is 12.2 Å². The van der Waals surface area contributed by atoms with Crippen LogP contribution in [0.4, 0.5) is 0 Å². The van der Waals surface area contributed by atoms with Crippen LogP contribution in [0.5, 0.6) is 0 Å². The van der Waals surface area contributed by atoms with Crippen LogP contribution in [0.3, 0.4) is 0 Å². The van der Waals surface area contributed by atoms with Crippen molar-refractivity contribution in [2.75, 3.05) is 13.7 Å². The summed E-state index contributed by atoms with van der Waals surface area (Å²) in [6, 6.07) is 24.1. The van der Waals surface area contributed by atoms with Crippen LogP contribution >= 0.6 is 11.9 Å². The fraction of sp³-hybridized carbons (Fsp3) is 0.250. The highest BCUT2D eigenvalue weighted by atomic mass is 32.2. The topological polar surface area (TPSA) is 86.3 Å². The molecule has 0 aliphatic heterocycles. The molecule has 31 heavy (non-hydrogen) atoms. The van der Waals surface area contributed by atoms with Gasteiger partial charge in [-0.2, -0.15) is 0 Å². The SMILES string of the molecule is CC(CCN)NSc1cccn(C(c2ccccc2)c2ccccc2)c1=O.COC=O. The minimum atomic E-state index is -0.165. The molecule has 1 unspecified atom stereocenters. The van der Waals surface area contributed by atoms with Crippen molar-refractivity contribution in [2.24, 2.45) is 5.73 Å². The van der Waals surface area contributed by atoms with Crippen molar-refractivity contribution in [1.29, 1.82) is 0 Å². The van der Waals surface area contributed by atoms with Crippen LogP contribution in [-0.4, -0.2) is 30.7 Å². The van der Waals surface area contributed by atoms with Crippen LogP contribution in [0.15, 0.2) is 88.7 Å². The quantitative estimate of drug-likeness (QED) is 0.391. The smallest absolute Gasteiger partial charge is 0.292 e. The number of aromatic nitrogens is 1. The lowest BCUT2D eigenvalue weighted by Gasteiger charge is -2.22. The highest BCUT2D eigenvalue weighted by molar-refractivity contribution is 7.97. The van der Waals surface area contributed by atoms with Gasteiger partial charge in [0.25, 0.3) is 12.0 Å². The molecular formula is C24H29N3O3S. The van der Waals surface area contributed by atoms with Crippen molar-refractivity contribution in [3.8, 4) is 0 Å². The molecule has 164 valence electrons. The molecule has 0 fully saturated rings. The van der Waals surface area contributed by atoms with Gasteiger partial charge in [-0.25, -0.2) is 0 Å². The van der Waals surface area contributed by atoms with Gasteiger partial charge in [-0.15, -0.1) is 0 Å². The number of rotatable bonds is 9. The Kier molecular flexibility index (Phi) is 10.6. The zero-order chi connectivity index (χ0) is 22.5. The Hall–Kier alpha value is -2.87. The fourth-order valence-corrected chi connectivity index (χ4v) is 3.81. The van der Waals surface area contributed by atoms with Gasteiger partial charge >= 0.3 is 0 Å². The number of carbonyl (C=O) groups excluding carboxylic acids is 1. The van der Waals surface area contributed by atoms with Crippen molar-refractivity contribution in [3.05, 3.63) is 100 Å². The molecule has 0 radical (unpaired) electrons. The molecule has 0 bridgehead atoms. The lowest BCUT2D eigenvalue weighted by atomic mass is 9.98. The Bertz CT molecular complexity index is 925. The van der Waals surface area contributed by atoms with Crippen LogP contribution in [0, 0.1) is 0 Å². The Morgan fingerprint density at radius 1 is 1.03 bits per heavy atom. The van der Waals surface area contributed by atoms with E-state index in [0.29, 0.717) is 17.9 Å². The zero-order valence-electron chi connectivity index (χ0n) is 17.8. The predicted octanol–water partition coefficient (Wildman–Crippen LogP) is 3.61. The molecule has 0 spiro atoms. The second-order valence-electron chi connectivity index (χ2n) is 6.84. The molecule has 3 rings (SSSR count). The fourth-order valence-electron chi connectivity index (χ4n) is 3.03. The summed E-state index contributed by atoms with van der Waals surface area (Å²) in [5, 5.41) is 0. The van der Waals surface area contributed by atoms with Crippen LogP contribution in [0.2, 0.25) is 0 Å². The minimum Gasteiger partial charge on any atom is -0.471 e. The predicted molar refractivity (Wildman–Crippen MR) is 126 cm³/mol. The molecular weight excluding hydrogens is 410 g/mol. The monoisotopic (exact) mass is 439 g/mol. The summed E-state index contributed by atoms with van der Waals surface area (Å²) >= 11 is 1.38. The summed E-state index contributed by atoms with van der Waals surface area (Å²) in [5.74, 6) is 0. The Labute approximate surface area is 187 Å². The molecule has 2 aromatic carbocycles. The van der Waals surface area contributed by atoms with Gasteiger partial charge in [0.15, 0.2) is 0 Å². The first-order valence-electron chi connectivity index (χ1n) is 10.0. The lowest BCUT2D eigenvalue weighted by Crippen LogP contribution is -2.29. The molecule has 0 amide bonds. The van der Waals surface area contributed by atoms with E-state index in [2.05, 4.69) is 40.6 Å². The van der Waals surface area contributed by atoms with Crippen molar-refractivity contribution in [3.63, 3.8) is 0 Å². The summed E-state index contributed by atoms with van der Waals surface area (Å²) < 4.78 is 8.98. The maximum absolute atomic E-state index is 13.2.